The van der Waals surface area contributed by atoms with Crippen LogP contribution in [0.4, 0.5) is 0 Å². The summed E-state index contributed by atoms with van der Waals surface area (Å²) in [6, 6.07) is 7.52. The van der Waals surface area contributed by atoms with E-state index in [1.807, 2.05) is 19.2 Å². The molecule has 0 spiro atoms. The average Bonchev–Trinajstić information content (AvgIpc) is 3.01. The van der Waals surface area contributed by atoms with E-state index in [1.165, 1.54) is 11.8 Å². The summed E-state index contributed by atoms with van der Waals surface area (Å²) in [6.07, 6.45) is 3.10. The third-order valence-electron chi connectivity index (χ3n) is 5.27. The van der Waals surface area contributed by atoms with E-state index in [0.717, 1.165) is 16.5 Å². The van der Waals surface area contributed by atoms with E-state index < -0.39 is 6.04 Å². The van der Waals surface area contributed by atoms with Gasteiger partial charge >= 0.3 is 0 Å². The maximum absolute atomic E-state index is 12.7. The molecule has 0 bridgehead atoms. The van der Waals surface area contributed by atoms with Crippen molar-refractivity contribution in [3.63, 3.8) is 0 Å². The predicted molar refractivity (Wildman–Crippen MR) is 103 cm³/mol. The number of aryl methyl sites for hydroxylation is 2. The Hall–Kier alpha value is -2.83. The second-order valence-electron chi connectivity index (χ2n) is 6.96. The fraction of sp³-hybridized carbons (Fsp3) is 0.450. The highest BCUT2D eigenvalue weighted by Crippen LogP contribution is 2.22. The number of amides is 3. The van der Waals surface area contributed by atoms with E-state index in [2.05, 4.69) is 28.2 Å². The first-order valence-corrected chi connectivity index (χ1v) is 9.22. The molecule has 1 aromatic heterocycles. The summed E-state index contributed by atoms with van der Waals surface area (Å²) >= 11 is 0. The van der Waals surface area contributed by atoms with E-state index in [4.69, 9.17) is 0 Å². The van der Waals surface area contributed by atoms with Crippen LogP contribution < -0.4 is 5.32 Å². The largest absolute Gasteiger partial charge is 0.357 e. The van der Waals surface area contributed by atoms with Crippen LogP contribution in [0.3, 0.4) is 0 Å². The second-order valence-corrected chi connectivity index (χ2v) is 6.96. The minimum Gasteiger partial charge on any atom is -0.357 e. The van der Waals surface area contributed by atoms with Crippen molar-refractivity contribution in [1.82, 2.24) is 19.7 Å². The Balaban J connectivity index is 1.67. The van der Waals surface area contributed by atoms with E-state index in [-0.39, 0.29) is 24.3 Å². The number of carbonyl (C=O) groups excluding carboxylic acids is 3. The van der Waals surface area contributed by atoms with E-state index in [0.29, 0.717) is 25.9 Å². The van der Waals surface area contributed by atoms with E-state index in [9.17, 15) is 14.4 Å². The molecule has 1 saturated heterocycles. The molecule has 0 aliphatic carbocycles. The van der Waals surface area contributed by atoms with Gasteiger partial charge in [0, 0.05) is 57.6 Å². The minimum absolute atomic E-state index is 0.0139. The SMILES string of the molecule is CNC(=O)C1CN(C(=O)CCc2cn(C)c3ccccc23)CCN1C(C)=O. The monoisotopic (exact) mass is 370 g/mol. The average molecular weight is 370 g/mol. The van der Waals surface area contributed by atoms with Crippen LogP contribution in [0.25, 0.3) is 10.9 Å². The van der Waals surface area contributed by atoms with Gasteiger partial charge in [-0.15, -0.1) is 0 Å². The van der Waals surface area contributed by atoms with Gasteiger partial charge in [0.15, 0.2) is 0 Å². The summed E-state index contributed by atoms with van der Waals surface area (Å²) in [5.74, 6) is -0.372. The number of carbonyl (C=O) groups is 3. The summed E-state index contributed by atoms with van der Waals surface area (Å²) < 4.78 is 2.07. The molecule has 3 amide bonds. The smallest absolute Gasteiger partial charge is 0.244 e. The van der Waals surface area contributed by atoms with Gasteiger partial charge in [-0.1, -0.05) is 18.2 Å². The molecule has 1 unspecified atom stereocenters. The van der Waals surface area contributed by atoms with Gasteiger partial charge in [-0.3, -0.25) is 14.4 Å². The third kappa shape index (κ3) is 3.82. The Labute approximate surface area is 158 Å². The zero-order valence-corrected chi connectivity index (χ0v) is 16.1. The van der Waals surface area contributed by atoms with Gasteiger partial charge < -0.3 is 19.7 Å². The molecule has 0 saturated carbocycles. The number of likely N-dealkylation sites (N-methyl/N-ethyl adjacent to an activating group) is 1. The fourth-order valence-corrected chi connectivity index (χ4v) is 3.80. The molecule has 144 valence electrons. The summed E-state index contributed by atoms with van der Waals surface area (Å²) in [6.45, 7) is 2.54. The van der Waals surface area contributed by atoms with Crippen LogP contribution in [-0.2, 0) is 27.9 Å². The van der Waals surface area contributed by atoms with Crippen molar-refractivity contribution in [2.45, 2.75) is 25.8 Å². The summed E-state index contributed by atoms with van der Waals surface area (Å²) in [5, 5.41) is 3.75. The van der Waals surface area contributed by atoms with Crippen molar-refractivity contribution in [3.05, 3.63) is 36.0 Å². The van der Waals surface area contributed by atoms with Crippen LogP contribution in [0.2, 0.25) is 0 Å². The number of aromatic nitrogens is 1. The zero-order chi connectivity index (χ0) is 19.6. The summed E-state index contributed by atoms with van der Waals surface area (Å²) in [7, 11) is 3.55. The minimum atomic E-state index is -0.622. The molecule has 1 atom stereocenters. The van der Waals surface area contributed by atoms with Gasteiger partial charge in [0.25, 0.3) is 0 Å². The number of rotatable bonds is 4. The number of hydrogen-bond acceptors (Lipinski definition) is 3. The van der Waals surface area contributed by atoms with Crippen LogP contribution in [-0.4, -0.2) is 64.8 Å². The number of benzene rings is 1. The first kappa shape index (κ1) is 18.9. The third-order valence-corrected chi connectivity index (χ3v) is 5.27. The van der Waals surface area contributed by atoms with E-state index >= 15 is 0 Å². The number of hydrogen-bond donors (Lipinski definition) is 1. The molecule has 1 N–H and O–H groups in total. The van der Waals surface area contributed by atoms with Crippen LogP contribution in [0.1, 0.15) is 18.9 Å². The maximum Gasteiger partial charge on any atom is 0.244 e. The lowest BCUT2D eigenvalue weighted by molar-refractivity contribution is -0.147. The Kier molecular flexibility index (Phi) is 5.48. The number of para-hydroxylation sites is 1. The van der Waals surface area contributed by atoms with Crippen LogP contribution in [0.15, 0.2) is 30.5 Å². The summed E-state index contributed by atoms with van der Waals surface area (Å²) in [5.41, 5.74) is 2.29. The van der Waals surface area contributed by atoms with Crippen molar-refractivity contribution in [2.75, 3.05) is 26.7 Å². The molecule has 1 aromatic carbocycles. The normalized spacial score (nSPS) is 17.2. The Bertz CT molecular complexity index is 873. The van der Waals surface area contributed by atoms with Crippen LogP contribution in [0, 0.1) is 0 Å². The Morgan fingerprint density at radius 1 is 1.19 bits per heavy atom. The number of piperazine rings is 1. The molecule has 27 heavy (non-hydrogen) atoms. The van der Waals surface area contributed by atoms with Crippen molar-refractivity contribution in [3.8, 4) is 0 Å². The first-order chi connectivity index (χ1) is 12.9. The van der Waals surface area contributed by atoms with Gasteiger partial charge in [0.1, 0.15) is 6.04 Å². The van der Waals surface area contributed by atoms with Crippen molar-refractivity contribution < 1.29 is 14.4 Å². The molecule has 7 nitrogen and oxygen atoms in total. The Morgan fingerprint density at radius 2 is 1.93 bits per heavy atom. The highest BCUT2D eigenvalue weighted by molar-refractivity contribution is 5.88. The van der Waals surface area contributed by atoms with Crippen molar-refractivity contribution in [2.24, 2.45) is 7.05 Å². The highest BCUT2D eigenvalue weighted by Gasteiger charge is 2.35. The molecule has 1 fully saturated rings. The molecule has 0 radical (unpaired) electrons. The molecular formula is C20H26N4O3. The molecule has 3 rings (SSSR count). The number of nitrogens with zero attached hydrogens (tertiary/aromatic N) is 3. The van der Waals surface area contributed by atoms with Gasteiger partial charge in [-0.2, -0.15) is 0 Å². The molecule has 7 heteroatoms. The lowest BCUT2D eigenvalue weighted by Crippen LogP contribution is -2.60. The second kappa shape index (κ2) is 7.82. The predicted octanol–water partition coefficient (Wildman–Crippen LogP) is 0.916. The van der Waals surface area contributed by atoms with Gasteiger partial charge in [-0.25, -0.2) is 0 Å². The maximum atomic E-state index is 12.7. The molecule has 1 aliphatic rings. The number of fused-ring (bicyclic) bond motifs is 1. The molecular weight excluding hydrogens is 344 g/mol. The zero-order valence-electron chi connectivity index (χ0n) is 16.1. The fourth-order valence-electron chi connectivity index (χ4n) is 3.80. The number of nitrogens with one attached hydrogen (secondary N) is 1. The van der Waals surface area contributed by atoms with Gasteiger partial charge in [-0.05, 0) is 18.1 Å². The van der Waals surface area contributed by atoms with Crippen molar-refractivity contribution in [1.29, 1.82) is 0 Å². The van der Waals surface area contributed by atoms with Gasteiger partial charge in [0.2, 0.25) is 17.7 Å². The molecule has 1 aliphatic heterocycles. The lowest BCUT2D eigenvalue weighted by atomic mass is 10.1. The first-order valence-electron chi connectivity index (χ1n) is 9.22. The Morgan fingerprint density at radius 3 is 2.63 bits per heavy atom. The lowest BCUT2D eigenvalue weighted by Gasteiger charge is -2.40. The summed E-state index contributed by atoms with van der Waals surface area (Å²) in [4.78, 5) is 39.9. The molecule has 2 aromatic rings. The van der Waals surface area contributed by atoms with Crippen molar-refractivity contribution >= 4 is 28.6 Å². The van der Waals surface area contributed by atoms with Crippen LogP contribution >= 0.6 is 0 Å². The highest BCUT2D eigenvalue weighted by atomic mass is 16.2. The van der Waals surface area contributed by atoms with Crippen LogP contribution in [0.5, 0.6) is 0 Å². The quantitative estimate of drug-likeness (QED) is 0.870. The standard InChI is InChI=1S/C20H26N4O3/c1-14(25)24-11-10-23(13-18(24)20(27)21-2)19(26)9-8-15-12-22(3)17-7-5-4-6-16(15)17/h4-7,12,18H,8-11,13H2,1-3H3,(H,21,27). The van der Waals surface area contributed by atoms with E-state index in [1.54, 1.807) is 11.9 Å². The molecule has 2 heterocycles. The van der Waals surface area contributed by atoms with Gasteiger partial charge in [0.05, 0.1) is 6.54 Å². The topological polar surface area (TPSA) is 74.7 Å².